The largest absolute Gasteiger partial charge is 0.399 e. The number of anilines is 1. The van der Waals surface area contributed by atoms with Gasteiger partial charge in [-0.25, -0.2) is 0 Å². The van der Waals surface area contributed by atoms with Crippen molar-refractivity contribution < 1.29 is 4.79 Å². The van der Waals surface area contributed by atoms with E-state index >= 15 is 0 Å². The highest BCUT2D eigenvalue weighted by Crippen LogP contribution is 2.12. The fourth-order valence-corrected chi connectivity index (χ4v) is 2.61. The van der Waals surface area contributed by atoms with Gasteiger partial charge in [0.15, 0.2) is 0 Å². The maximum absolute atomic E-state index is 12.0. The molecule has 0 atom stereocenters. The van der Waals surface area contributed by atoms with Crippen LogP contribution in [0.5, 0.6) is 0 Å². The molecule has 110 valence electrons. The molecule has 0 radical (unpaired) electrons. The van der Waals surface area contributed by atoms with Gasteiger partial charge in [-0.2, -0.15) is 0 Å². The first-order chi connectivity index (χ1) is 9.66. The summed E-state index contributed by atoms with van der Waals surface area (Å²) >= 11 is 0. The van der Waals surface area contributed by atoms with Crippen molar-refractivity contribution in [3.63, 3.8) is 0 Å². The van der Waals surface area contributed by atoms with Crippen molar-refractivity contribution in [1.29, 1.82) is 0 Å². The Kier molecular flexibility index (Phi) is 5.41. The van der Waals surface area contributed by atoms with Gasteiger partial charge in [-0.05, 0) is 69.6 Å². The number of rotatable bonds is 5. The number of likely N-dealkylation sites (tertiary alicyclic amines) is 1. The van der Waals surface area contributed by atoms with Crippen molar-refractivity contribution in [3.05, 3.63) is 29.3 Å². The molecule has 0 saturated carbocycles. The minimum Gasteiger partial charge on any atom is -0.399 e. The van der Waals surface area contributed by atoms with Crippen molar-refractivity contribution in [3.8, 4) is 0 Å². The number of hydrogen-bond donors (Lipinski definition) is 2. The summed E-state index contributed by atoms with van der Waals surface area (Å²) in [4.78, 5) is 14.5. The molecule has 1 saturated heterocycles. The summed E-state index contributed by atoms with van der Waals surface area (Å²) in [7, 11) is 0. The molecule has 4 heteroatoms. The van der Waals surface area contributed by atoms with Gasteiger partial charge >= 0.3 is 0 Å². The first-order valence-electron chi connectivity index (χ1n) is 7.53. The Hall–Kier alpha value is -1.55. The summed E-state index contributed by atoms with van der Waals surface area (Å²) in [6, 6.07) is 5.41. The number of carbonyl (C=O) groups is 1. The summed E-state index contributed by atoms with van der Waals surface area (Å²) in [6.07, 6.45) is 5.01. The molecule has 1 aliphatic heterocycles. The van der Waals surface area contributed by atoms with Crippen LogP contribution in [0.2, 0.25) is 0 Å². The van der Waals surface area contributed by atoms with Crippen LogP contribution in [-0.4, -0.2) is 37.0 Å². The molecule has 1 heterocycles. The van der Waals surface area contributed by atoms with E-state index in [1.165, 1.54) is 32.4 Å². The molecule has 0 spiro atoms. The molecule has 2 rings (SSSR count). The molecule has 4 nitrogen and oxygen atoms in total. The molecule has 1 amide bonds. The van der Waals surface area contributed by atoms with Gasteiger partial charge in [-0.15, -0.1) is 0 Å². The van der Waals surface area contributed by atoms with Crippen LogP contribution in [0.25, 0.3) is 0 Å². The standard InChI is InChI=1S/C16H25N3O/c1-13-12-14(6-7-15(13)17)16(20)18-8-5-11-19-9-3-2-4-10-19/h6-7,12H,2-5,8-11,17H2,1H3,(H,18,20). The first-order valence-corrected chi connectivity index (χ1v) is 7.53. The second-order valence-corrected chi connectivity index (χ2v) is 5.58. The molecule has 1 aliphatic rings. The molecule has 20 heavy (non-hydrogen) atoms. The third-order valence-corrected chi connectivity index (χ3v) is 3.92. The Balaban J connectivity index is 1.70. The molecule has 0 aromatic heterocycles. The number of piperidine rings is 1. The average molecular weight is 275 g/mol. The second-order valence-electron chi connectivity index (χ2n) is 5.58. The Morgan fingerprint density at radius 3 is 2.75 bits per heavy atom. The molecule has 3 N–H and O–H groups in total. The number of carbonyl (C=O) groups excluding carboxylic acids is 1. The number of amides is 1. The minimum atomic E-state index is -0.00764. The fourth-order valence-electron chi connectivity index (χ4n) is 2.61. The zero-order valence-electron chi connectivity index (χ0n) is 12.3. The van der Waals surface area contributed by atoms with Gasteiger partial charge in [0.05, 0.1) is 0 Å². The van der Waals surface area contributed by atoms with Gasteiger partial charge in [0.2, 0.25) is 0 Å². The molecule has 1 aromatic rings. The Morgan fingerprint density at radius 2 is 2.05 bits per heavy atom. The Morgan fingerprint density at radius 1 is 1.30 bits per heavy atom. The van der Waals surface area contributed by atoms with Crippen LogP contribution in [0, 0.1) is 6.92 Å². The van der Waals surface area contributed by atoms with Crippen LogP contribution in [0.4, 0.5) is 5.69 Å². The maximum atomic E-state index is 12.0. The quantitative estimate of drug-likeness (QED) is 0.639. The van der Waals surface area contributed by atoms with Crippen LogP contribution >= 0.6 is 0 Å². The lowest BCUT2D eigenvalue weighted by Gasteiger charge is -2.26. The summed E-state index contributed by atoms with van der Waals surface area (Å²) in [6.45, 7) is 6.17. The highest BCUT2D eigenvalue weighted by Gasteiger charge is 2.10. The topological polar surface area (TPSA) is 58.4 Å². The normalized spacial score (nSPS) is 16.1. The van der Waals surface area contributed by atoms with Gasteiger partial charge in [0, 0.05) is 17.8 Å². The zero-order chi connectivity index (χ0) is 14.4. The third kappa shape index (κ3) is 4.23. The van der Waals surface area contributed by atoms with Crippen LogP contribution in [0.1, 0.15) is 41.6 Å². The van der Waals surface area contributed by atoms with Crippen molar-refractivity contribution in [2.75, 3.05) is 31.9 Å². The van der Waals surface area contributed by atoms with E-state index in [4.69, 9.17) is 5.73 Å². The van der Waals surface area contributed by atoms with Crippen molar-refractivity contribution in [1.82, 2.24) is 10.2 Å². The van der Waals surface area contributed by atoms with Crippen LogP contribution in [0.3, 0.4) is 0 Å². The van der Waals surface area contributed by atoms with Crippen molar-refractivity contribution in [2.24, 2.45) is 0 Å². The van der Waals surface area contributed by atoms with E-state index in [-0.39, 0.29) is 5.91 Å². The van der Waals surface area contributed by atoms with E-state index < -0.39 is 0 Å². The predicted octanol–water partition coefficient (Wildman–Crippen LogP) is 2.18. The zero-order valence-corrected chi connectivity index (χ0v) is 12.3. The molecular formula is C16H25N3O. The number of nitrogens with zero attached hydrogens (tertiary/aromatic N) is 1. The van der Waals surface area contributed by atoms with E-state index in [2.05, 4.69) is 10.2 Å². The van der Waals surface area contributed by atoms with Gasteiger partial charge in [-0.3, -0.25) is 4.79 Å². The van der Waals surface area contributed by atoms with E-state index in [1.807, 2.05) is 13.0 Å². The SMILES string of the molecule is Cc1cc(C(=O)NCCCN2CCCCC2)ccc1N. The van der Waals surface area contributed by atoms with E-state index in [0.717, 1.165) is 30.8 Å². The summed E-state index contributed by atoms with van der Waals surface area (Å²) in [5.41, 5.74) is 8.12. The van der Waals surface area contributed by atoms with E-state index in [0.29, 0.717) is 5.56 Å². The highest BCUT2D eigenvalue weighted by atomic mass is 16.1. The van der Waals surface area contributed by atoms with Crippen molar-refractivity contribution >= 4 is 11.6 Å². The molecule has 1 aromatic carbocycles. The Labute approximate surface area is 121 Å². The van der Waals surface area contributed by atoms with E-state index in [1.54, 1.807) is 12.1 Å². The van der Waals surface area contributed by atoms with Gasteiger partial charge in [0.25, 0.3) is 5.91 Å². The monoisotopic (exact) mass is 275 g/mol. The lowest BCUT2D eigenvalue weighted by atomic mass is 10.1. The van der Waals surface area contributed by atoms with E-state index in [9.17, 15) is 4.79 Å². The number of nitrogens with two attached hydrogens (primary N) is 1. The highest BCUT2D eigenvalue weighted by molar-refractivity contribution is 5.94. The molecular weight excluding hydrogens is 250 g/mol. The van der Waals surface area contributed by atoms with Crippen LogP contribution in [-0.2, 0) is 0 Å². The number of aryl methyl sites for hydroxylation is 1. The number of hydrogen-bond acceptors (Lipinski definition) is 3. The number of benzene rings is 1. The fraction of sp³-hybridized carbons (Fsp3) is 0.562. The predicted molar refractivity (Wildman–Crippen MR) is 82.8 cm³/mol. The summed E-state index contributed by atoms with van der Waals surface area (Å²) in [5, 5.41) is 2.98. The second kappa shape index (κ2) is 7.29. The minimum absolute atomic E-state index is 0.00764. The smallest absolute Gasteiger partial charge is 0.251 e. The molecule has 0 unspecified atom stereocenters. The lowest BCUT2D eigenvalue weighted by molar-refractivity contribution is 0.0951. The van der Waals surface area contributed by atoms with Crippen LogP contribution < -0.4 is 11.1 Å². The molecule has 0 bridgehead atoms. The Bertz CT molecular complexity index is 453. The van der Waals surface area contributed by atoms with Gasteiger partial charge in [0.1, 0.15) is 0 Å². The summed E-state index contributed by atoms with van der Waals surface area (Å²) in [5.74, 6) is -0.00764. The third-order valence-electron chi connectivity index (χ3n) is 3.92. The van der Waals surface area contributed by atoms with Crippen molar-refractivity contribution in [2.45, 2.75) is 32.6 Å². The first kappa shape index (κ1) is 14.9. The number of nitrogen functional groups attached to an aromatic ring is 1. The van der Waals surface area contributed by atoms with Gasteiger partial charge in [-0.1, -0.05) is 6.42 Å². The maximum Gasteiger partial charge on any atom is 0.251 e. The van der Waals surface area contributed by atoms with Gasteiger partial charge < -0.3 is 16.0 Å². The molecule has 1 fully saturated rings. The summed E-state index contributed by atoms with van der Waals surface area (Å²) < 4.78 is 0. The number of nitrogens with one attached hydrogen (secondary N) is 1. The average Bonchev–Trinajstić information content (AvgIpc) is 2.47. The van der Waals surface area contributed by atoms with Crippen LogP contribution in [0.15, 0.2) is 18.2 Å². The molecule has 0 aliphatic carbocycles. The lowest BCUT2D eigenvalue weighted by Crippen LogP contribution is -2.33.